The normalized spacial score (nSPS) is 28.0. The lowest BCUT2D eigenvalue weighted by Crippen LogP contribution is -2.36. The lowest BCUT2D eigenvalue weighted by molar-refractivity contribution is -0.154. The predicted molar refractivity (Wildman–Crippen MR) is 433 cm³/mol. The van der Waals surface area contributed by atoms with Gasteiger partial charge in [-0.1, -0.05) is 101 Å². The number of hydrogen-bond acceptors (Lipinski definition) is 30. The number of nitrogens with one attached hydrogen (secondary N) is 4. The minimum atomic E-state index is -1.55. The van der Waals surface area contributed by atoms with E-state index in [0.29, 0.717) is 64.6 Å². The summed E-state index contributed by atoms with van der Waals surface area (Å²) in [6, 6.07) is 12.5. The summed E-state index contributed by atoms with van der Waals surface area (Å²) in [5.74, 6) is -7.78. The number of carbonyl (C=O) groups is 10. The van der Waals surface area contributed by atoms with Gasteiger partial charge in [0.1, 0.15) is 88.0 Å². The van der Waals surface area contributed by atoms with Crippen LogP contribution < -0.4 is 21.3 Å². The van der Waals surface area contributed by atoms with Crippen molar-refractivity contribution in [1.82, 2.24) is 0 Å². The molecule has 0 aromatic heterocycles. The molecule has 30 nitrogen and oxygen atoms in total. The van der Waals surface area contributed by atoms with Crippen LogP contribution in [0.5, 0.6) is 23.0 Å². The van der Waals surface area contributed by atoms with E-state index in [1.54, 1.807) is 123 Å². The second-order valence-corrected chi connectivity index (χ2v) is 28.2. The molecule has 0 spiro atoms. The van der Waals surface area contributed by atoms with Crippen molar-refractivity contribution < 1.29 is 127 Å². The first kappa shape index (κ1) is 93.2. The van der Waals surface area contributed by atoms with Crippen LogP contribution in [0, 0.1) is 23.7 Å². The Morgan fingerprint density at radius 2 is 0.681 bits per heavy atom. The highest BCUT2D eigenvalue weighted by Gasteiger charge is 2.41. The third kappa shape index (κ3) is 26.4. The largest absolute Gasteiger partial charge is 0.509 e. The second kappa shape index (κ2) is 44.3. The standard InChI is InChI=1S/C23H29NO7.C22H25NO7.C21H27NO6.C20H25NO6/c1-5-24-17-11-16-7-6-8-20(31-15(4)25)22(28)18(26)10-9-13(2)14(3)30-23(29)21(16)19(27)12-17;1-4-23-15-10-14-6-5-7-18-20(30-22(27)29-18)16(24)9-8-12(2)13(3)28-21(26)19(14)17(25)11-15;1-4-22-15-10-14-6-5-7-16(23)20(26)17(24)9-8-12(2)13(3)28-21(27)19(14)18(25)11-15;1-11-7-8-16(23)19(25)15(22)6-4-5-13-9-14(21-3)10-17(24)18(13)20(26)27-12(11)2/h6-7,9-14,20,22,24,27-28H,5,8H2,1-4H3;5-6,8-13,18,20,23,25H,4,7H2,1-3H3;5-6,8-13,16,20,22-23,25-26H,4,7H2,1-3H3;4-5,7-12,15,19,21-22,24-25H,6H2,1-3H3/b7-6+,10-9-;6-5+,9-8-;6-5+,9-8+;5-4?,8-7-/t13-,14+,20+,22-;12-,13+,18+,20-;12-,13+,16+,20-;11-,12+,15+,19-/m1111/s1. The Morgan fingerprint density at radius 3 is 1.00 bits per heavy atom. The van der Waals surface area contributed by atoms with Gasteiger partial charge in [-0.3, -0.25) is 24.0 Å². The highest BCUT2D eigenvalue weighted by Crippen LogP contribution is 2.36. The molecule has 5 aliphatic rings. The molecule has 4 aromatic rings. The third-order valence-corrected chi connectivity index (χ3v) is 19.3. The Morgan fingerprint density at radius 1 is 0.388 bits per heavy atom. The number of aromatic hydroxyl groups is 4. The van der Waals surface area contributed by atoms with Crippen LogP contribution in [-0.2, 0) is 57.1 Å². The van der Waals surface area contributed by atoms with Crippen molar-refractivity contribution >= 4 is 106 Å². The molecule has 0 saturated carbocycles. The molecule has 16 atom stereocenters. The van der Waals surface area contributed by atoms with Crippen molar-refractivity contribution in [2.75, 3.05) is 47.9 Å². The fraction of sp³-hybridized carbons (Fsp3) is 0.419. The number of ketones is 4. The van der Waals surface area contributed by atoms with Crippen LogP contribution in [0.4, 0.5) is 27.5 Å². The van der Waals surface area contributed by atoms with Crippen LogP contribution in [0.15, 0.2) is 121 Å². The van der Waals surface area contributed by atoms with Crippen molar-refractivity contribution in [2.45, 2.75) is 182 Å². The van der Waals surface area contributed by atoms with Gasteiger partial charge >= 0.3 is 36.0 Å². The molecule has 4 aromatic carbocycles. The molecule has 116 heavy (non-hydrogen) atoms. The van der Waals surface area contributed by atoms with E-state index in [0.717, 1.165) is 0 Å². The first-order chi connectivity index (χ1) is 54.9. The van der Waals surface area contributed by atoms with Gasteiger partial charge in [0.05, 0.1) is 12.2 Å². The zero-order valence-electron chi connectivity index (χ0n) is 67.0. The van der Waals surface area contributed by atoms with Gasteiger partial charge in [0, 0.05) is 117 Å². The number of fused-ring (bicyclic) bond motifs is 5. The van der Waals surface area contributed by atoms with E-state index in [2.05, 4.69) is 21.3 Å². The van der Waals surface area contributed by atoms with Gasteiger partial charge in [-0.2, -0.15) is 0 Å². The minimum Gasteiger partial charge on any atom is -0.507 e. The number of cyclic esters (lactones) is 4. The molecule has 13 N–H and O–H groups in total. The molecule has 30 heteroatoms. The minimum absolute atomic E-state index is 0.00125. The van der Waals surface area contributed by atoms with E-state index < -0.39 is 132 Å². The summed E-state index contributed by atoms with van der Waals surface area (Å²) in [5.41, 5.74) is 4.15. The summed E-state index contributed by atoms with van der Waals surface area (Å²) >= 11 is 0. The van der Waals surface area contributed by atoms with Crippen LogP contribution in [-0.4, -0.2) is 205 Å². The Hall–Kier alpha value is -11.7. The van der Waals surface area contributed by atoms with E-state index >= 15 is 0 Å². The van der Waals surface area contributed by atoms with Crippen molar-refractivity contribution in [3.63, 3.8) is 0 Å². The lowest BCUT2D eigenvalue weighted by Gasteiger charge is -2.22. The molecular formula is C86H106N4O26. The molecule has 0 unspecified atom stereocenters. The number of phenols is 4. The van der Waals surface area contributed by atoms with Crippen molar-refractivity contribution in [3.8, 4) is 23.0 Å². The van der Waals surface area contributed by atoms with Crippen LogP contribution in [0.25, 0.3) is 24.3 Å². The molecule has 1 saturated heterocycles. The van der Waals surface area contributed by atoms with Crippen molar-refractivity contribution in [1.29, 1.82) is 0 Å². The molecule has 9 rings (SSSR count). The Bertz CT molecular complexity index is 4460. The van der Waals surface area contributed by atoms with E-state index in [-0.39, 0.29) is 94.6 Å². The van der Waals surface area contributed by atoms with E-state index in [1.807, 2.05) is 20.8 Å². The summed E-state index contributed by atoms with van der Waals surface area (Å²) in [6.07, 6.45) is 10.5. The van der Waals surface area contributed by atoms with E-state index in [9.17, 15) is 93.9 Å². The maximum absolute atomic E-state index is 12.8. The zero-order chi connectivity index (χ0) is 85.9. The molecule has 5 aliphatic heterocycles. The molecule has 1 fully saturated rings. The number of anilines is 4. The Kier molecular flexibility index (Phi) is 35.5. The fourth-order valence-electron chi connectivity index (χ4n) is 11.8. The average Bonchev–Trinajstić information content (AvgIpc) is 1.66. The van der Waals surface area contributed by atoms with Crippen LogP contribution in [0.2, 0.25) is 0 Å². The number of carbonyl (C=O) groups excluding carboxylic acids is 10. The van der Waals surface area contributed by atoms with Crippen LogP contribution in [0.1, 0.15) is 172 Å². The number of benzene rings is 4. The molecule has 626 valence electrons. The maximum atomic E-state index is 12.8. The van der Waals surface area contributed by atoms with E-state index in [1.165, 1.54) is 91.9 Å². The van der Waals surface area contributed by atoms with Crippen LogP contribution >= 0.6 is 0 Å². The van der Waals surface area contributed by atoms with Crippen molar-refractivity contribution in [3.05, 3.63) is 166 Å². The summed E-state index contributed by atoms with van der Waals surface area (Å²) in [6.45, 7) is 22.5. The van der Waals surface area contributed by atoms with Gasteiger partial charge in [-0.25, -0.2) is 24.0 Å². The quantitative estimate of drug-likeness (QED) is 0.0576. The molecule has 0 radical (unpaired) electrons. The highest BCUT2D eigenvalue weighted by atomic mass is 16.8. The molecule has 0 aliphatic carbocycles. The number of phenolic OH excluding ortho intramolecular Hbond substituents is 4. The molecular weight excluding hydrogens is 1500 g/mol. The fourth-order valence-corrected chi connectivity index (χ4v) is 11.8. The third-order valence-electron chi connectivity index (χ3n) is 19.3. The average molecular weight is 1610 g/mol. The molecule has 0 bridgehead atoms. The molecule has 5 heterocycles. The molecule has 0 amide bonds. The van der Waals surface area contributed by atoms with Gasteiger partial charge in [0.25, 0.3) is 0 Å². The van der Waals surface area contributed by atoms with E-state index in [4.69, 9.17) is 33.2 Å². The number of aliphatic hydroxyl groups is 5. The summed E-state index contributed by atoms with van der Waals surface area (Å²) in [4.78, 5) is 123. The van der Waals surface area contributed by atoms with Gasteiger partial charge in [-0.05, 0) is 132 Å². The highest BCUT2D eigenvalue weighted by molar-refractivity contribution is 6.02. The number of hydrogen-bond donors (Lipinski definition) is 13. The Labute approximate surface area is 672 Å². The summed E-state index contributed by atoms with van der Waals surface area (Å²) < 4.78 is 37.2. The lowest BCUT2D eigenvalue weighted by atomic mass is 9.99. The van der Waals surface area contributed by atoms with Gasteiger partial charge in [-0.15, -0.1) is 0 Å². The van der Waals surface area contributed by atoms with Crippen LogP contribution in [0.3, 0.4) is 0 Å². The Balaban J connectivity index is 0.000000241. The maximum Gasteiger partial charge on any atom is 0.509 e. The van der Waals surface area contributed by atoms with Crippen molar-refractivity contribution in [2.24, 2.45) is 23.7 Å². The first-order valence-corrected chi connectivity index (χ1v) is 38.1. The smallest absolute Gasteiger partial charge is 0.507 e. The SMILES string of the molecule is CCNc1cc(O)c2c(c1)/C=C/C[C@@H]1OC(=O)O[C@@H]1C(=O)/C=C\[C@@H](C)[C@H](C)OC2=O.CCNc1cc(O)c2c(c1)/C=C/C[C@H](O)[C@@H](O)C(=O)/C=C/[C@@H](C)[C@H](C)OC2=O.CCNc1cc(O)c2c(c1)/C=C/C[C@H](OC(C)=O)[C@H](O)C(=O)/C=C\[C@@H](C)[C@H](C)OC2=O.CNc1cc(O)c2c(c1)C=CC[C@H](O)[C@@H](O)C(=O)/C=C\[C@@H](C)[C@H](C)OC2=O. The monoisotopic (exact) mass is 1610 g/mol. The predicted octanol–water partition coefficient (Wildman–Crippen LogP) is 10.4. The zero-order valence-corrected chi connectivity index (χ0v) is 67.0. The van der Waals surface area contributed by atoms with Gasteiger partial charge < -0.3 is 100 Å². The second-order valence-electron chi connectivity index (χ2n) is 28.2. The summed E-state index contributed by atoms with van der Waals surface area (Å²) in [5, 5.41) is 104. The summed E-state index contributed by atoms with van der Waals surface area (Å²) in [7, 11) is 1.67. The number of esters is 5. The number of rotatable bonds is 8. The topological polar surface area (TPSA) is 466 Å². The first-order valence-electron chi connectivity index (χ1n) is 38.1. The number of aliphatic hydroxyl groups excluding tert-OH is 5. The van der Waals surface area contributed by atoms with Gasteiger partial charge in [0.2, 0.25) is 6.10 Å². The van der Waals surface area contributed by atoms with Gasteiger partial charge in [0.15, 0.2) is 35.3 Å². The number of ether oxygens (including phenoxy) is 7.